The predicted octanol–water partition coefficient (Wildman–Crippen LogP) is 17.4. The molecule has 0 radical (unpaired) electrons. The van der Waals surface area contributed by atoms with E-state index in [1.165, 1.54) is 87.7 Å². The minimum atomic E-state index is -0.258. The van der Waals surface area contributed by atoms with Gasteiger partial charge in [-0.15, -0.1) is 0 Å². The summed E-state index contributed by atoms with van der Waals surface area (Å²) in [5.74, 6) is 2.34. The van der Waals surface area contributed by atoms with Gasteiger partial charge < -0.3 is 4.90 Å². The van der Waals surface area contributed by atoms with E-state index in [1.54, 1.807) is 6.07 Å². The van der Waals surface area contributed by atoms with Crippen molar-refractivity contribution in [3.63, 3.8) is 0 Å². The molecule has 1 spiro atoms. The van der Waals surface area contributed by atoms with Gasteiger partial charge in [0.1, 0.15) is 5.82 Å². The van der Waals surface area contributed by atoms with Crippen LogP contribution < -0.4 is 4.90 Å². The number of rotatable bonds is 8. The van der Waals surface area contributed by atoms with E-state index in [0.717, 1.165) is 45.5 Å². The highest BCUT2D eigenvalue weighted by molar-refractivity contribution is 6.01. The zero-order chi connectivity index (χ0) is 43.8. The molecule has 4 bridgehead atoms. The summed E-state index contributed by atoms with van der Waals surface area (Å²) in [5, 5.41) is 0. The lowest BCUT2D eigenvalue weighted by Gasteiger charge is -2.61. The first kappa shape index (κ1) is 39.1. The SMILES string of the molecule is Fc1cc(-c2ccccc2)cc(-c2ccccc2)c1N(c1ccccc1)c1cc(-c2cccc(-c3ccccc3)c2)c2c(c1)C1(c3c(-c4ccccc4)cccc3-2)C2CC3CC(C2)CC1C3. The number of nitrogens with zero attached hydrogens (tertiary/aromatic N) is 1. The summed E-state index contributed by atoms with van der Waals surface area (Å²) >= 11 is 0. The molecule has 0 aliphatic heterocycles. The summed E-state index contributed by atoms with van der Waals surface area (Å²) in [6.07, 6.45) is 6.41. The van der Waals surface area contributed by atoms with E-state index >= 15 is 4.39 Å². The number of anilines is 3. The molecule has 9 aromatic carbocycles. The third-order valence-electron chi connectivity index (χ3n) is 15.9. The van der Waals surface area contributed by atoms with Crippen LogP contribution in [0.25, 0.3) is 66.8 Å². The molecule has 4 saturated carbocycles. The second kappa shape index (κ2) is 15.7. The van der Waals surface area contributed by atoms with E-state index < -0.39 is 0 Å². The van der Waals surface area contributed by atoms with Crippen molar-refractivity contribution >= 4 is 17.1 Å². The maximum absolute atomic E-state index is 18.0. The number of fused-ring (bicyclic) bond motifs is 3. The Kier molecular flexibility index (Phi) is 9.31. The van der Waals surface area contributed by atoms with Crippen molar-refractivity contribution in [2.45, 2.75) is 37.5 Å². The van der Waals surface area contributed by atoms with E-state index in [0.29, 0.717) is 17.5 Å². The summed E-state index contributed by atoms with van der Waals surface area (Å²) in [5.41, 5.74) is 19.0. The van der Waals surface area contributed by atoms with Gasteiger partial charge in [-0.3, -0.25) is 0 Å². The first-order valence-electron chi connectivity index (χ1n) is 23.9. The van der Waals surface area contributed by atoms with Gasteiger partial charge in [0.05, 0.1) is 5.69 Å². The Labute approximate surface area is 387 Å². The van der Waals surface area contributed by atoms with Gasteiger partial charge >= 0.3 is 0 Å². The van der Waals surface area contributed by atoms with Gasteiger partial charge in [0.2, 0.25) is 0 Å². The van der Waals surface area contributed by atoms with Crippen LogP contribution in [0.3, 0.4) is 0 Å². The van der Waals surface area contributed by atoms with Crippen LogP contribution in [0.15, 0.2) is 218 Å². The summed E-state index contributed by atoms with van der Waals surface area (Å²) in [6.45, 7) is 0. The zero-order valence-corrected chi connectivity index (χ0v) is 37.0. The molecule has 2 heteroatoms. The molecular formula is C64H50FN. The zero-order valence-electron chi connectivity index (χ0n) is 37.0. The number of para-hydroxylation sites is 1. The monoisotopic (exact) mass is 851 g/mol. The van der Waals surface area contributed by atoms with E-state index in [4.69, 9.17) is 0 Å². The molecule has 66 heavy (non-hydrogen) atoms. The number of benzene rings is 9. The van der Waals surface area contributed by atoms with Crippen LogP contribution in [-0.2, 0) is 5.41 Å². The molecule has 0 aromatic heterocycles. The van der Waals surface area contributed by atoms with Crippen molar-refractivity contribution in [2.75, 3.05) is 4.90 Å². The van der Waals surface area contributed by atoms with Crippen LogP contribution >= 0.6 is 0 Å². The second-order valence-corrected chi connectivity index (χ2v) is 19.4. The average molecular weight is 852 g/mol. The lowest BCUT2D eigenvalue weighted by molar-refractivity contribution is -0.0397. The van der Waals surface area contributed by atoms with Crippen molar-refractivity contribution in [3.8, 4) is 66.8 Å². The fraction of sp³-hybridized carbons (Fsp3) is 0.156. The first-order valence-corrected chi connectivity index (χ1v) is 23.9. The van der Waals surface area contributed by atoms with Gasteiger partial charge in [-0.25, -0.2) is 4.39 Å². The average Bonchev–Trinajstić information content (AvgIpc) is 3.68. The highest BCUT2D eigenvalue weighted by atomic mass is 19.1. The molecule has 1 nitrogen and oxygen atoms in total. The lowest BCUT2D eigenvalue weighted by atomic mass is 9.42. The smallest absolute Gasteiger partial charge is 0.148 e. The van der Waals surface area contributed by atoms with Crippen LogP contribution in [-0.4, -0.2) is 0 Å². The number of hydrogen-bond acceptors (Lipinski definition) is 1. The number of halogens is 1. The van der Waals surface area contributed by atoms with Gasteiger partial charge in [-0.2, -0.15) is 0 Å². The Hall–Kier alpha value is -7.29. The van der Waals surface area contributed by atoms with Gasteiger partial charge in [0.15, 0.2) is 0 Å². The van der Waals surface area contributed by atoms with Crippen molar-refractivity contribution < 1.29 is 4.39 Å². The number of hydrogen-bond donors (Lipinski definition) is 0. The summed E-state index contributed by atoms with van der Waals surface area (Å²) < 4.78 is 18.0. The molecule has 0 amide bonds. The standard InChI is InChI=1S/C64H50FN/c65-60-39-50(45-20-8-2-9-21-45)38-58(47-24-12-4-13-25-47)63(60)66(53-28-14-5-15-29-53)54-40-57(49-27-16-26-48(37-49)44-18-6-1-7-19-44)61-56-31-17-30-55(46-22-10-3-11-23-46)62(56)64(59(61)41-54)51-33-42-32-43(35-51)36-52(64)34-42/h1-31,37-43,51-52H,32-36H2. The third-order valence-corrected chi connectivity index (χ3v) is 15.9. The maximum Gasteiger partial charge on any atom is 0.148 e. The van der Waals surface area contributed by atoms with Crippen LogP contribution in [0.5, 0.6) is 0 Å². The van der Waals surface area contributed by atoms with Crippen LogP contribution in [0.1, 0.15) is 43.2 Å². The highest BCUT2D eigenvalue weighted by Gasteiger charge is 2.62. The maximum atomic E-state index is 18.0. The molecule has 0 heterocycles. The summed E-state index contributed by atoms with van der Waals surface area (Å²) in [6, 6.07) is 78.1. The Bertz CT molecular complexity index is 3220. The molecule has 5 aliphatic carbocycles. The predicted molar refractivity (Wildman–Crippen MR) is 272 cm³/mol. The van der Waals surface area contributed by atoms with Gasteiger partial charge in [-0.1, -0.05) is 176 Å². The van der Waals surface area contributed by atoms with E-state index in [9.17, 15) is 0 Å². The molecule has 14 rings (SSSR count). The van der Waals surface area contributed by atoms with Crippen molar-refractivity contribution in [1.29, 1.82) is 0 Å². The topological polar surface area (TPSA) is 3.24 Å². The molecular weight excluding hydrogens is 802 g/mol. The molecule has 0 atom stereocenters. The highest BCUT2D eigenvalue weighted by Crippen LogP contribution is 2.72. The fourth-order valence-electron chi connectivity index (χ4n) is 13.5. The normalized spacial score (nSPS) is 20.9. The quantitative estimate of drug-likeness (QED) is 0.147. The van der Waals surface area contributed by atoms with Gasteiger partial charge in [0, 0.05) is 22.4 Å². The minimum absolute atomic E-state index is 0.188. The third kappa shape index (κ3) is 6.18. The Balaban J connectivity index is 1.14. The molecule has 318 valence electrons. The lowest BCUT2D eigenvalue weighted by Crippen LogP contribution is -2.55. The summed E-state index contributed by atoms with van der Waals surface area (Å²) in [7, 11) is 0. The largest absolute Gasteiger partial charge is 0.307 e. The molecule has 0 saturated heterocycles. The first-order chi connectivity index (χ1) is 32.6. The van der Waals surface area contributed by atoms with E-state index in [1.807, 2.05) is 24.3 Å². The van der Waals surface area contributed by atoms with Crippen LogP contribution in [0, 0.1) is 29.5 Å². The Morgan fingerprint density at radius 2 is 0.864 bits per heavy atom. The molecule has 5 aliphatic rings. The van der Waals surface area contributed by atoms with Crippen LogP contribution in [0.4, 0.5) is 21.5 Å². The van der Waals surface area contributed by atoms with E-state index in [2.05, 4.69) is 193 Å². The molecule has 4 fully saturated rings. The molecule has 0 unspecified atom stereocenters. The van der Waals surface area contributed by atoms with Crippen molar-refractivity contribution in [3.05, 3.63) is 235 Å². The van der Waals surface area contributed by atoms with Crippen LogP contribution in [0.2, 0.25) is 0 Å². The molecule has 9 aromatic rings. The van der Waals surface area contributed by atoms with Gasteiger partial charge in [-0.05, 0) is 171 Å². The van der Waals surface area contributed by atoms with E-state index in [-0.39, 0.29) is 11.2 Å². The second-order valence-electron chi connectivity index (χ2n) is 19.4. The van der Waals surface area contributed by atoms with Crippen molar-refractivity contribution in [2.24, 2.45) is 23.7 Å². The van der Waals surface area contributed by atoms with Gasteiger partial charge in [0.25, 0.3) is 0 Å². The summed E-state index contributed by atoms with van der Waals surface area (Å²) in [4.78, 5) is 2.24. The molecule has 0 N–H and O–H groups in total. The minimum Gasteiger partial charge on any atom is -0.307 e. The Morgan fingerprint density at radius 1 is 0.364 bits per heavy atom. The van der Waals surface area contributed by atoms with Crippen molar-refractivity contribution in [1.82, 2.24) is 0 Å². The fourth-order valence-corrected chi connectivity index (χ4v) is 13.5. The Morgan fingerprint density at radius 3 is 1.48 bits per heavy atom.